The van der Waals surface area contributed by atoms with E-state index in [9.17, 15) is 9.59 Å². The van der Waals surface area contributed by atoms with Crippen molar-refractivity contribution in [1.82, 2.24) is 0 Å². The van der Waals surface area contributed by atoms with Crippen molar-refractivity contribution < 1.29 is 19.8 Å². The minimum Gasteiger partial charge on any atom is -0.478 e. The summed E-state index contributed by atoms with van der Waals surface area (Å²) in [6.45, 7) is 9.20. The molecule has 0 heterocycles. The standard InChI is InChI=1S/C8H10S2.2C4H6O2/c1-9-7-3-5-8(10-2)6-4-7;2*1-3(2)4(5)6/h3-6H,1-2H3;2*1H2,2H3,(H,5,6). The average molecular weight is 342 g/mol. The summed E-state index contributed by atoms with van der Waals surface area (Å²) in [7, 11) is 0. The monoisotopic (exact) mass is 342 g/mol. The molecule has 1 rings (SSSR count). The Labute approximate surface area is 140 Å². The third-order valence-electron chi connectivity index (χ3n) is 2.03. The predicted molar refractivity (Wildman–Crippen MR) is 94.9 cm³/mol. The van der Waals surface area contributed by atoms with Gasteiger partial charge in [0.2, 0.25) is 0 Å². The first-order chi connectivity index (χ1) is 10.1. The van der Waals surface area contributed by atoms with Crippen molar-refractivity contribution in [2.24, 2.45) is 0 Å². The minimum absolute atomic E-state index is 0.176. The zero-order chi connectivity index (χ0) is 17.7. The number of aliphatic carboxylic acids is 2. The molecule has 0 radical (unpaired) electrons. The van der Waals surface area contributed by atoms with Crippen LogP contribution < -0.4 is 0 Å². The average Bonchev–Trinajstić information content (AvgIpc) is 2.48. The molecule has 1 aromatic carbocycles. The van der Waals surface area contributed by atoms with E-state index in [0.717, 1.165) is 0 Å². The highest BCUT2D eigenvalue weighted by molar-refractivity contribution is 7.99. The SMILES string of the molecule is C=C(C)C(=O)O.C=C(C)C(=O)O.CSc1ccc(SC)cc1. The molecular formula is C16H22O4S2. The fraction of sp³-hybridized carbons (Fsp3) is 0.250. The lowest BCUT2D eigenvalue weighted by atomic mass is 10.4. The number of benzene rings is 1. The maximum atomic E-state index is 9.60. The van der Waals surface area contributed by atoms with Crippen LogP contribution in [0, 0.1) is 0 Å². The van der Waals surface area contributed by atoms with Gasteiger partial charge < -0.3 is 10.2 Å². The van der Waals surface area contributed by atoms with Gasteiger partial charge in [-0.3, -0.25) is 0 Å². The Morgan fingerprint density at radius 2 is 1.00 bits per heavy atom. The van der Waals surface area contributed by atoms with Gasteiger partial charge in [-0.1, -0.05) is 13.2 Å². The number of carboxylic acids is 2. The fourth-order valence-electron chi connectivity index (χ4n) is 0.712. The predicted octanol–water partition coefficient (Wildman–Crippen LogP) is 4.42. The highest BCUT2D eigenvalue weighted by Gasteiger charge is 1.91. The lowest BCUT2D eigenvalue weighted by Gasteiger charge is -1.96. The second kappa shape index (κ2) is 13.0. The minimum atomic E-state index is -0.935. The molecule has 0 aliphatic heterocycles. The Morgan fingerprint density at radius 3 is 1.09 bits per heavy atom. The fourth-order valence-corrected chi connectivity index (χ4v) is 1.53. The molecule has 2 N–H and O–H groups in total. The van der Waals surface area contributed by atoms with E-state index in [1.807, 2.05) is 0 Å². The number of hydrogen-bond donors (Lipinski definition) is 2. The largest absolute Gasteiger partial charge is 0.478 e. The molecule has 0 aliphatic carbocycles. The van der Waals surface area contributed by atoms with Crippen LogP contribution in [-0.4, -0.2) is 34.7 Å². The Morgan fingerprint density at radius 1 is 0.818 bits per heavy atom. The summed E-state index contributed by atoms with van der Waals surface area (Å²) in [5.41, 5.74) is 0.352. The van der Waals surface area contributed by atoms with Gasteiger partial charge in [0, 0.05) is 20.9 Å². The van der Waals surface area contributed by atoms with Crippen molar-refractivity contribution in [3.8, 4) is 0 Å². The van der Waals surface area contributed by atoms with Crippen molar-refractivity contribution in [3.63, 3.8) is 0 Å². The van der Waals surface area contributed by atoms with Gasteiger partial charge in [-0.25, -0.2) is 9.59 Å². The third-order valence-corrected chi connectivity index (χ3v) is 3.51. The molecule has 0 amide bonds. The topological polar surface area (TPSA) is 74.6 Å². The summed E-state index contributed by atoms with van der Waals surface area (Å²) >= 11 is 3.56. The van der Waals surface area contributed by atoms with Crippen LogP contribution in [0.2, 0.25) is 0 Å². The molecule has 6 heteroatoms. The molecule has 0 atom stereocenters. The van der Waals surface area contributed by atoms with Crippen LogP contribution in [0.5, 0.6) is 0 Å². The second-order valence-electron chi connectivity index (χ2n) is 4.05. The van der Waals surface area contributed by atoms with E-state index in [0.29, 0.717) is 0 Å². The molecule has 0 aromatic heterocycles. The maximum absolute atomic E-state index is 9.60. The molecule has 0 spiro atoms. The summed E-state index contributed by atoms with van der Waals surface area (Å²) in [4.78, 5) is 21.9. The number of rotatable bonds is 4. The summed E-state index contributed by atoms with van der Waals surface area (Å²) in [6.07, 6.45) is 4.18. The van der Waals surface area contributed by atoms with E-state index < -0.39 is 11.9 Å². The first-order valence-electron chi connectivity index (χ1n) is 6.11. The summed E-state index contributed by atoms with van der Waals surface area (Å²) in [5.74, 6) is -1.87. The van der Waals surface area contributed by atoms with Gasteiger partial charge in [0.15, 0.2) is 0 Å². The number of carbonyl (C=O) groups is 2. The smallest absolute Gasteiger partial charge is 0.330 e. The van der Waals surface area contributed by atoms with E-state index in [-0.39, 0.29) is 11.1 Å². The van der Waals surface area contributed by atoms with E-state index in [1.165, 1.54) is 23.6 Å². The molecular weight excluding hydrogens is 320 g/mol. The zero-order valence-corrected chi connectivity index (χ0v) is 14.9. The van der Waals surface area contributed by atoms with Gasteiger partial charge in [-0.15, -0.1) is 23.5 Å². The Bertz CT molecular complexity index is 436. The maximum Gasteiger partial charge on any atom is 0.330 e. The van der Waals surface area contributed by atoms with Crippen LogP contribution in [0.25, 0.3) is 0 Å². The van der Waals surface area contributed by atoms with Crippen LogP contribution in [0.15, 0.2) is 58.4 Å². The molecule has 0 saturated heterocycles. The van der Waals surface area contributed by atoms with Gasteiger partial charge in [-0.05, 0) is 50.6 Å². The second-order valence-corrected chi connectivity index (χ2v) is 5.81. The Kier molecular flexibility index (Phi) is 13.4. The molecule has 0 bridgehead atoms. The van der Waals surface area contributed by atoms with Crippen LogP contribution in [0.3, 0.4) is 0 Å². The van der Waals surface area contributed by atoms with E-state index >= 15 is 0 Å². The zero-order valence-electron chi connectivity index (χ0n) is 13.3. The van der Waals surface area contributed by atoms with Crippen molar-refractivity contribution >= 4 is 35.5 Å². The number of hydrogen-bond acceptors (Lipinski definition) is 4. The van der Waals surface area contributed by atoms with Gasteiger partial charge in [-0.2, -0.15) is 0 Å². The lowest BCUT2D eigenvalue weighted by molar-refractivity contribution is -0.133. The van der Waals surface area contributed by atoms with Crippen molar-refractivity contribution in [2.45, 2.75) is 23.6 Å². The van der Waals surface area contributed by atoms with Gasteiger partial charge in [0.05, 0.1) is 0 Å². The summed E-state index contributed by atoms with van der Waals surface area (Å²) in [6, 6.07) is 8.60. The molecule has 22 heavy (non-hydrogen) atoms. The van der Waals surface area contributed by atoms with Crippen molar-refractivity contribution in [3.05, 3.63) is 48.6 Å². The molecule has 1 aromatic rings. The lowest BCUT2D eigenvalue weighted by Crippen LogP contribution is -1.92. The molecule has 0 unspecified atom stereocenters. The van der Waals surface area contributed by atoms with Crippen LogP contribution in [0.4, 0.5) is 0 Å². The van der Waals surface area contributed by atoms with E-state index in [2.05, 4.69) is 49.9 Å². The number of carboxylic acid groups (broad SMARTS) is 2. The quantitative estimate of drug-likeness (QED) is 0.623. The van der Waals surface area contributed by atoms with Crippen LogP contribution in [0.1, 0.15) is 13.8 Å². The summed E-state index contributed by atoms with van der Waals surface area (Å²) in [5, 5.41) is 15.8. The molecule has 4 nitrogen and oxygen atoms in total. The molecule has 0 aliphatic rings. The number of thioether (sulfide) groups is 2. The first kappa shape index (κ1) is 22.6. The van der Waals surface area contributed by atoms with Crippen LogP contribution in [-0.2, 0) is 9.59 Å². The van der Waals surface area contributed by atoms with Crippen molar-refractivity contribution in [1.29, 1.82) is 0 Å². The van der Waals surface area contributed by atoms with E-state index in [1.54, 1.807) is 23.5 Å². The Balaban J connectivity index is 0. The normalized spacial score (nSPS) is 8.55. The molecule has 122 valence electrons. The van der Waals surface area contributed by atoms with Crippen LogP contribution >= 0.6 is 23.5 Å². The first-order valence-corrected chi connectivity index (χ1v) is 8.56. The van der Waals surface area contributed by atoms with Crippen molar-refractivity contribution in [2.75, 3.05) is 12.5 Å². The summed E-state index contributed by atoms with van der Waals surface area (Å²) < 4.78 is 0. The molecule has 0 saturated carbocycles. The molecule has 0 fully saturated rings. The van der Waals surface area contributed by atoms with Gasteiger partial charge in [0.1, 0.15) is 0 Å². The van der Waals surface area contributed by atoms with Gasteiger partial charge >= 0.3 is 11.9 Å². The Hall–Kier alpha value is -1.66. The highest BCUT2D eigenvalue weighted by atomic mass is 32.2. The van der Waals surface area contributed by atoms with Gasteiger partial charge in [0.25, 0.3) is 0 Å². The third kappa shape index (κ3) is 13.3. The highest BCUT2D eigenvalue weighted by Crippen LogP contribution is 2.19. The van der Waals surface area contributed by atoms with E-state index in [4.69, 9.17) is 10.2 Å².